The minimum atomic E-state index is -3.16. The number of carbonyl (C=O) groups is 1. The summed E-state index contributed by atoms with van der Waals surface area (Å²) in [5, 5.41) is -0.440. The van der Waals surface area contributed by atoms with E-state index in [4.69, 9.17) is 4.74 Å². The van der Waals surface area contributed by atoms with Crippen LogP contribution in [-0.4, -0.2) is 94.7 Å². The molecule has 3 aliphatic heterocycles. The molecule has 27 heavy (non-hydrogen) atoms. The van der Waals surface area contributed by atoms with Gasteiger partial charge in [-0.3, -0.25) is 4.79 Å². The maximum absolute atomic E-state index is 13.3. The fourth-order valence-corrected chi connectivity index (χ4v) is 7.11. The van der Waals surface area contributed by atoms with Crippen molar-refractivity contribution in [3.05, 3.63) is 29.8 Å². The van der Waals surface area contributed by atoms with E-state index in [0.717, 1.165) is 18.8 Å². The highest BCUT2D eigenvalue weighted by Crippen LogP contribution is 2.37. The number of sulfone groups is 1. The van der Waals surface area contributed by atoms with E-state index in [2.05, 4.69) is 4.90 Å². The van der Waals surface area contributed by atoms with Gasteiger partial charge in [0.1, 0.15) is 0 Å². The first-order chi connectivity index (χ1) is 12.9. The zero-order valence-corrected chi connectivity index (χ0v) is 16.7. The van der Waals surface area contributed by atoms with Crippen LogP contribution in [0.25, 0.3) is 0 Å². The van der Waals surface area contributed by atoms with Gasteiger partial charge in [0.15, 0.2) is 9.84 Å². The zero-order chi connectivity index (χ0) is 19.2. The van der Waals surface area contributed by atoms with E-state index in [1.54, 1.807) is 4.90 Å². The first-order valence-corrected chi connectivity index (χ1v) is 11.2. The Morgan fingerprint density at radius 2 is 1.85 bits per heavy atom. The maximum Gasteiger partial charge on any atom is 0.256 e. The number of benzene rings is 1. The summed E-state index contributed by atoms with van der Waals surface area (Å²) < 4.78 is 30.6. The van der Waals surface area contributed by atoms with E-state index in [9.17, 15) is 13.2 Å². The van der Waals surface area contributed by atoms with Crippen LogP contribution in [0.4, 0.5) is 5.69 Å². The molecule has 148 valence electrons. The molecule has 1 amide bonds. The summed E-state index contributed by atoms with van der Waals surface area (Å²) in [7, 11) is 0.675. The predicted octanol–water partition coefficient (Wildman–Crippen LogP) is 0.322. The van der Waals surface area contributed by atoms with Crippen LogP contribution in [0.3, 0.4) is 0 Å². The molecule has 0 N–H and O–H groups in total. The summed E-state index contributed by atoms with van der Waals surface area (Å²) >= 11 is 0. The molecule has 3 heterocycles. The van der Waals surface area contributed by atoms with Crippen LogP contribution >= 0.6 is 0 Å². The minimum absolute atomic E-state index is 0.00972. The van der Waals surface area contributed by atoms with Gasteiger partial charge in [0.25, 0.3) is 5.91 Å². The lowest BCUT2D eigenvalue weighted by atomic mass is 10.00. The van der Waals surface area contributed by atoms with Crippen molar-refractivity contribution >= 4 is 21.4 Å². The number of rotatable bonds is 3. The molecule has 1 aromatic rings. The van der Waals surface area contributed by atoms with Crippen LogP contribution in [0, 0.1) is 5.92 Å². The Bertz CT molecular complexity index is 820. The Hall–Kier alpha value is -1.64. The Balaban J connectivity index is 1.58. The van der Waals surface area contributed by atoms with Gasteiger partial charge in [-0.25, -0.2) is 8.42 Å². The number of hydrogen-bond donors (Lipinski definition) is 0. The SMILES string of the molecule is CN(C)[C@@H]1CS(=O)(=O)[C@H]2CN(C(=O)c3ccccc3N3CCOCC3)C[C@@H]12. The summed E-state index contributed by atoms with van der Waals surface area (Å²) in [5.41, 5.74) is 1.56. The number of hydrogen-bond acceptors (Lipinski definition) is 6. The number of nitrogens with zero attached hydrogens (tertiary/aromatic N) is 3. The molecule has 0 spiro atoms. The second kappa shape index (κ2) is 7.07. The van der Waals surface area contributed by atoms with Crippen molar-refractivity contribution in [1.82, 2.24) is 9.80 Å². The minimum Gasteiger partial charge on any atom is -0.378 e. The standard InChI is InChI=1S/C19H27N3O4S/c1-20(2)17-13-27(24,25)18-12-22(11-15(17)18)19(23)14-5-3-4-6-16(14)21-7-9-26-10-8-21/h3-6,15,17-18H,7-13H2,1-2H3/t15-,17+,18-/m0/s1. The second-order valence-electron chi connectivity index (χ2n) is 7.89. The normalized spacial score (nSPS) is 30.0. The second-order valence-corrected chi connectivity index (χ2v) is 10.2. The number of likely N-dealkylation sites (tertiary alicyclic amines) is 1. The van der Waals surface area contributed by atoms with Crippen molar-refractivity contribution in [3.63, 3.8) is 0 Å². The summed E-state index contributed by atoms with van der Waals surface area (Å²) in [6, 6.07) is 7.60. The molecule has 0 saturated carbocycles. The lowest BCUT2D eigenvalue weighted by molar-refractivity contribution is 0.0779. The highest BCUT2D eigenvalue weighted by molar-refractivity contribution is 7.92. The largest absolute Gasteiger partial charge is 0.378 e. The molecule has 8 heteroatoms. The molecular formula is C19H27N3O4S. The molecule has 0 unspecified atom stereocenters. The quantitative estimate of drug-likeness (QED) is 0.737. The van der Waals surface area contributed by atoms with Gasteiger partial charge in [0.05, 0.1) is 29.8 Å². The molecule has 1 aromatic carbocycles. The summed E-state index contributed by atoms with van der Waals surface area (Å²) in [6.07, 6.45) is 0. The molecular weight excluding hydrogens is 366 g/mol. The number of carbonyl (C=O) groups excluding carboxylic acids is 1. The lowest BCUT2D eigenvalue weighted by Crippen LogP contribution is -2.40. The third-order valence-electron chi connectivity index (χ3n) is 6.10. The summed E-state index contributed by atoms with van der Waals surface area (Å²) in [4.78, 5) is 19.2. The van der Waals surface area contributed by atoms with Crippen molar-refractivity contribution in [2.24, 2.45) is 5.92 Å². The number of morpholine rings is 1. The first-order valence-electron chi connectivity index (χ1n) is 9.47. The maximum atomic E-state index is 13.3. The van der Waals surface area contributed by atoms with E-state index < -0.39 is 15.1 Å². The molecule has 0 aromatic heterocycles. The molecule has 3 fully saturated rings. The number of para-hydroxylation sites is 1. The fraction of sp³-hybridized carbons (Fsp3) is 0.632. The number of ether oxygens (including phenoxy) is 1. The van der Waals surface area contributed by atoms with Crippen LogP contribution < -0.4 is 4.90 Å². The molecule has 7 nitrogen and oxygen atoms in total. The van der Waals surface area contributed by atoms with E-state index in [1.165, 1.54) is 0 Å². The van der Waals surface area contributed by atoms with Gasteiger partial charge in [0.2, 0.25) is 0 Å². The fourth-order valence-electron chi connectivity index (χ4n) is 4.64. The van der Waals surface area contributed by atoms with E-state index in [-0.39, 0.29) is 23.6 Å². The third-order valence-corrected chi connectivity index (χ3v) is 8.33. The summed E-state index contributed by atoms with van der Waals surface area (Å²) in [6.45, 7) is 3.62. The van der Waals surface area contributed by atoms with Gasteiger partial charge in [-0.15, -0.1) is 0 Å². The molecule has 0 radical (unpaired) electrons. The molecule has 3 atom stereocenters. The van der Waals surface area contributed by atoms with Gasteiger partial charge in [-0.05, 0) is 26.2 Å². The van der Waals surface area contributed by atoms with Crippen molar-refractivity contribution < 1.29 is 17.9 Å². The highest BCUT2D eigenvalue weighted by Gasteiger charge is 2.53. The average Bonchev–Trinajstić information content (AvgIpc) is 3.21. The number of amides is 1. The van der Waals surface area contributed by atoms with Gasteiger partial charge in [-0.1, -0.05) is 12.1 Å². The topological polar surface area (TPSA) is 70.2 Å². The monoisotopic (exact) mass is 393 g/mol. The van der Waals surface area contributed by atoms with Gasteiger partial charge in [0, 0.05) is 43.8 Å². The van der Waals surface area contributed by atoms with Crippen LogP contribution in [0.1, 0.15) is 10.4 Å². The highest BCUT2D eigenvalue weighted by atomic mass is 32.2. The Morgan fingerprint density at radius 3 is 2.56 bits per heavy atom. The van der Waals surface area contributed by atoms with Crippen molar-refractivity contribution in [1.29, 1.82) is 0 Å². The number of anilines is 1. The molecule has 4 rings (SSSR count). The Kier molecular flexibility index (Phi) is 4.90. The van der Waals surface area contributed by atoms with Crippen LogP contribution in [0.5, 0.6) is 0 Å². The van der Waals surface area contributed by atoms with Gasteiger partial charge in [-0.2, -0.15) is 0 Å². The molecule has 0 bridgehead atoms. The van der Waals surface area contributed by atoms with Gasteiger partial charge >= 0.3 is 0 Å². The average molecular weight is 394 g/mol. The predicted molar refractivity (Wildman–Crippen MR) is 104 cm³/mol. The number of fused-ring (bicyclic) bond motifs is 1. The third kappa shape index (κ3) is 3.34. The van der Waals surface area contributed by atoms with Crippen molar-refractivity contribution in [2.75, 3.05) is 64.1 Å². The molecule has 3 aliphatic rings. The van der Waals surface area contributed by atoms with Crippen molar-refractivity contribution in [3.8, 4) is 0 Å². The van der Waals surface area contributed by atoms with Crippen LogP contribution in [0.2, 0.25) is 0 Å². The first kappa shape index (κ1) is 18.7. The molecule has 0 aliphatic carbocycles. The Labute approximate surface area is 160 Å². The van der Waals surface area contributed by atoms with E-state index in [1.807, 2.05) is 43.3 Å². The Morgan fingerprint density at radius 1 is 1.15 bits per heavy atom. The van der Waals surface area contributed by atoms with E-state index >= 15 is 0 Å². The smallest absolute Gasteiger partial charge is 0.256 e. The lowest BCUT2D eigenvalue weighted by Gasteiger charge is -2.31. The summed E-state index contributed by atoms with van der Waals surface area (Å²) in [5.74, 6) is 0.116. The van der Waals surface area contributed by atoms with E-state index in [0.29, 0.717) is 31.9 Å². The van der Waals surface area contributed by atoms with Crippen molar-refractivity contribution in [2.45, 2.75) is 11.3 Å². The molecule has 3 saturated heterocycles. The van der Waals surface area contributed by atoms with Crippen LogP contribution in [-0.2, 0) is 14.6 Å². The van der Waals surface area contributed by atoms with Gasteiger partial charge < -0.3 is 19.4 Å². The van der Waals surface area contributed by atoms with Crippen LogP contribution in [0.15, 0.2) is 24.3 Å². The zero-order valence-electron chi connectivity index (χ0n) is 15.9.